The van der Waals surface area contributed by atoms with E-state index in [1.807, 2.05) is 35.0 Å². The van der Waals surface area contributed by atoms with Gasteiger partial charge in [-0.15, -0.1) is 5.10 Å². The molecule has 0 saturated carbocycles. The van der Waals surface area contributed by atoms with Gasteiger partial charge in [-0.05, 0) is 36.6 Å². The summed E-state index contributed by atoms with van der Waals surface area (Å²) < 4.78 is 7.67. The van der Waals surface area contributed by atoms with Crippen molar-refractivity contribution >= 4 is 0 Å². The molecular formula is C17H16N4O. The van der Waals surface area contributed by atoms with Crippen LogP contribution in [0.2, 0.25) is 0 Å². The second-order valence-corrected chi connectivity index (χ2v) is 5.55. The van der Waals surface area contributed by atoms with Crippen molar-refractivity contribution in [1.29, 1.82) is 0 Å². The molecule has 1 aliphatic rings. The Morgan fingerprint density at radius 1 is 1.14 bits per heavy atom. The molecule has 1 atom stereocenters. The van der Waals surface area contributed by atoms with Gasteiger partial charge in [0.05, 0.1) is 12.3 Å². The van der Waals surface area contributed by atoms with Crippen LogP contribution in [0.1, 0.15) is 11.3 Å². The van der Waals surface area contributed by atoms with Crippen LogP contribution in [-0.2, 0) is 12.8 Å². The van der Waals surface area contributed by atoms with E-state index in [-0.39, 0.29) is 0 Å². The largest absolute Gasteiger partial charge is 0.493 e. The first-order valence-electron chi connectivity index (χ1n) is 7.40. The Balaban J connectivity index is 1.46. The SMILES string of the molecule is c1ccc2c(c1)C[C@@H](Cc1ccc(-n3ccnc3)nn1)CO2. The molecule has 5 heteroatoms. The summed E-state index contributed by atoms with van der Waals surface area (Å²) >= 11 is 0. The molecule has 3 heterocycles. The number of benzene rings is 1. The summed E-state index contributed by atoms with van der Waals surface area (Å²) in [6.45, 7) is 0.738. The van der Waals surface area contributed by atoms with Crippen molar-refractivity contribution in [2.45, 2.75) is 12.8 Å². The topological polar surface area (TPSA) is 52.8 Å². The maximum absolute atomic E-state index is 5.83. The van der Waals surface area contributed by atoms with Gasteiger partial charge in [-0.3, -0.25) is 4.57 Å². The van der Waals surface area contributed by atoms with Crippen molar-refractivity contribution in [2.75, 3.05) is 6.61 Å². The second-order valence-electron chi connectivity index (χ2n) is 5.55. The molecule has 0 unspecified atom stereocenters. The normalized spacial score (nSPS) is 16.8. The average molecular weight is 292 g/mol. The van der Waals surface area contributed by atoms with Crippen LogP contribution in [0.25, 0.3) is 5.82 Å². The molecule has 22 heavy (non-hydrogen) atoms. The van der Waals surface area contributed by atoms with Crippen molar-refractivity contribution in [3.63, 3.8) is 0 Å². The minimum Gasteiger partial charge on any atom is -0.493 e. The number of fused-ring (bicyclic) bond motifs is 1. The van der Waals surface area contributed by atoms with Crippen LogP contribution in [0.5, 0.6) is 5.75 Å². The van der Waals surface area contributed by atoms with E-state index < -0.39 is 0 Å². The summed E-state index contributed by atoms with van der Waals surface area (Å²) in [6, 6.07) is 12.2. The van der Waals surface area contributed by atoms with Crippen molar-refractivity contribution < 1.29 is 4.74 Å². The Labute approximate surface area is 128 Å². The highest BCUT2D eigenvalue weighted by Crippen LogP contribution is 2.28. The van der Waals surface area contributed by atoms with Crippen LogP contribution >= 0.6 is 0 Å². The first-order chi connectivity index (χ1) is 10.9. The fourth-order valence-electron chi connectivity index (χ4n) is 2.81. The zero-order valence-corrected chi connectivity index (χ0v) is 12.1. The third kappa shape index (κ3) is 2.57. The predicted octanol–water partition coefficient (Wildman–Crippen LogP) is 2.46. The average Bonchev–Trinajstić information content (AvgIpc) is 3.10. The maximum Gasteiger partial charge on any atom is 0.160 e. The first kappa shape index (κ1) is 13.0. The smallest absolute Gasteiger partial charge is 0.160 e. The highest BCUT2D eigenvalue weighted by Gasteiger charge is 2.20. The number of imidazole rings is 1. The number of hydrogen-bond donors (Lipinski definition) is 0. The van der Waals surface area contributed by atoms with Crippen molar-refractivity contribution in [3.05, 3.63) is 66.4 Å². The molecule has 0 spiro atoms. The quantitative estimate of drug-likeness (QED) is 0.744. The van der Waals surface area contributed by atoms with Crippen LogP contribution in [0.15, 0.2) is 55.1 Å². The monoisotopic (exact) mass is 292 g/mol. The zero-order valence-electron chi connectivity index (χ0n) is 12.1. The summed E-state index contributed by atoms with van der Waals surface area (Å²) in [5.41, 5.74) is 2.28. The number of rotatable bonds is 3. The molecule has 0 amide bonds. The highest BCUT2D eigenvalue weighted by molar-refractivity contribution is 5.35. The molecule has 5 nitrogen and oxygen atoms in total. The lowest BCUT2D eigenvalue weighted by Gasteiger charge is -2.24. The minimum atomic E-state index is 0.447. The molecule has 1 aromatic carbocycles. The maximum atomic E-state index is 5.83. The Bertz CT molecular complexity index is 753. The molecule has 0 aliphatic carbocycles. The van der Waals surface area contributed by atoms with E-state index in [2.05, 4.69) is 27.3 Å². The van der Waals surface area contributed by atoms with Crippen LogP contribution in [0, 0.1) is 5.92 Å². The third-order valence-corrected chi connectivity index (χ3v) is 3.93. The van der Waals surface area contributed by atoms with Crippen LogP contribution in [0.3, 0.4) is 0 Å². The van der Waals surface area contributed by atoms with E-state index in [9.17, 15) is 0 Å². The summed E-state index contributed by atoms with van der Waals surface area (Å²) in [5, 5.41) is 8.59. The van der Waals surface area contributed by atoms with E-state index in [0.29, 0.717) is 5.92 Å². The lowest BCUT2D eigenvalue weighted by Crippen LogP contribution is -2.23. The Hall–Kier alpha value is -2.69. The fraction of sp³-hybridized carbons (Fsp3) is 0.235. The van der Waals surface area contributed by atoms with E-state index in [1.54, 1.807) is 12.5 Å². The fourth-order valence-corrected chi connectivity index (χ4v) is 2.81. The standard InChI is InChI=1S/C17H16N4O/c1-2-4-16-14(3-1)9-13(11-22-16)10-15-5-6-17(20-19-15)21-8-7-18-12-21/h1-8,12-13H,9-11H2/t13-/m0/s1. The van der Waals surface area contributed by atoms with Gasteiger partial charge < -0.3 is 4.74 Å². The Morgan fingerprint density at radius 2 is 2.09 bits per heavy atom. The molecule has 3 aromatic rings. The Morgan fingerprint density at radius 3 is 2.91 bits per heavy atom. The lowest BCUT2D eigenvalue weighted by molar-refractivity contribution is 0.220. The van der Waals surface area contributed by atoms with Gasteiger partial charge in [0, 0.05) is 18.3 Å². The lowest BCUT2D eigenvalue weighted by atomic mass is 9.93. The third-order valence-electron chi connectivity index (χ3n) is 3.93. The van der Waals surface area contributed by atoms with Gasteiger partial charge >= 0.3 is 0 Å². The Kier molecular flexibility index (Phi) is 3.31. The summed E-state index contributed by atoms with van der Waals surface area (Å²) in [4.78, 5) is 4.01. The van der Waals surface area contributed by atoms with Gasteiger partial charge in [-0.25, -0.2) is 4.98 Å². The van der Waals surface area contributed by atoms with Gasteiger partial charge in [0.15, 0.2) is 5.82 Å². The van der Waals surface area contributed by atoms with Crippen LogP contribution in [0.4, 0.5) is 0 Å². The minimum absolute atomic E-state index is 0.447. The molecule has 0 fully saturated rings. The molecule has 4 rings (SSSR count). The highest BCUT2D eigenvalue weighted by atomic mass is 16.5. The van der Waals surface area contributed by atoms with Gasteiger partial charge in [0.1, 0.15) is 12.1 Å². The zero-order chi connectivity index (χ0) is 14.8. The van der Waals surface area contributed by atoms with Crippen LogP contribution < -0.4 is 4.74 Å². The van der Waals surface area contributed by atoms with Crippen molar-refractivity contribution in [1.82, 2.24) is 19.7 Å². The van der Waals surface area contributed by atoms with Gasteiger partial charge in [-0.2, -0.15) is 5.10 Å². The van der Waals surface area contributed by atoms with E-state index in [4.69, 9.17) is 4.74 Å². The number of aromatic nitrogens is 4. The molecular weight excluding hydrogens is 276 g/mol. The molecule has 0 saturated heterocycles. The number of hydrogen-bond acceptors (Lipinski definition) is 4. The molecule has 2 aromatic heterocycles. The number of para-hydroxylation sites is 1. The summed E-state index contributed by atoms with van der Waals surface area (Å²) in [5.74, 6) is 2.25. The first-order valence-corrected chi connectivity index (χ1v) is 7.40. The molecule has 0 N–H and O–H groups in total. The van der Waals surface area contributed by atoms with Gasteiger partial charge in [0.25, 0.3) is 0 Å². The van der Waals surface area contributed by atoms with Crippen LogP contribution in [-0.4, -0.2) is 26.4 Å². The molecule has 0 radical (unpaired) electrons. The van der Waals surface area contributed by atoms with E-state index >= 15 is 0 Å². The summed E-state index contributed by atoms with van der Waals surface area (Å²) in [7, 11) is 0. The van der Waals surface area contributed by atoms with E-state index in [0.717, 1.165) is 36.7 Å². The number of nitrogens with zero attached hydrogens (tertiary/aromatic N) is 4. The second kappa shape index (κ2) is 5.60. The summed E-state index contributed by atoms with van der Waals surface area (Å²) in [6.07, 6.45) is 7.21. The molecule has 1 aliphatic heterocycles. The number of ether oxygens (including phenoxy) is 1. The van der Waals surface area contributed by atoms with Gasteiger partial charge in [-0.1, -0.05) is 18.2 Å². The van der Waals surface area contributed by atoms with Gasteiger partial charge in [0.2, 0.25) is 0 Å². The van der Waals surface area contributed by atoms with Crippen molar-refractivity contribution in [2.24, 2.45) is 5.92 Å². The predicted molar refractivity (Wildman–Crippen MR) is 82.0 cm³/mol. The van der Waals surface area contributed by atoms with Crippen molar-refractivity contribution in [3.8, 4) is 11.6 Å². The molecule has 110 valence electrons. The molecule has 0 bridgehead atoms. The van der Waals surface area contributed by atoms with E-state index in [1.165, 1.54) is 5.56 Å².